The molecule has 0 aliphatic rings. The van der Waals surface area contributed by atoms with E-state index in [1.165, 1.54) is 11.3 Å². The van der Waals surface area contributed by atoms with Crippen LogP contribution in [0.1, 0.15) is 24.3 Å². The molecular weight excluding hydrogens is 316 g/mol. The number of nitrogens with zero attached hydrogens (tertiary/aromatic N) is 2. The molecule has 0 spiro atoms. The van der Waals surface area contributed by atoms with E-state index in [4.69, 9.17) is 9.15 Å². The smallest absolute Gasteiger partial charge is 0.321 e. The van der Waals surface area contributed by atoms with Gasteiger partial charge in [-0.15, -0.1) is 10.2 Å². The van der Waals surface area contributed by atoms with Crippen LogP contribution in [0.3, 0.4) is 0 Å². The van der Waals surface area contributed by atoms with E-state index in [9.17, 15) is 4.79 Å². The van der Waals surface area contributed by atoms with Crippen LogP contribution in [0.5, 0.6) is 5.75 Å². The summed E-state index contributed by atoms with van der Waals surface area (Å²) in [5.41, 5.74) is 3.29. The Hall–Kier alpha value is -2.61. The van der Waals surface area contributed by atoms with Crippen LogP contribution in [0.2, 0.25) is 0 Å². The molecular formula is C15H16N4O3S. The van der Waals surface area contributed by atoms with E-state index in [1.807, 2.05) is 32.0 Å². The van der Waals surface area contributed by atoms with E-state index in [2.05, 4.69) is 20.8 Å². The maximum atomic E-state index is 12.0. The minimum atomic E-state index is -0.355. The first-order valence-electron chi connectivity index (χ1n) is 6.99. The molecule has 0 fully saturated rings. The number of benzene rings is 1. The van der Waals surface area contributed by atoms with E-state index in [-0.39, 0.29) is 12.1 Å². The molecule has 0 bridgehead atoms. The van der Waals surface area contributed by atoms with E-state index in [1.54, 1.807) is 12.6 Å². The summed E-state index contributed by atoms with van der Waals surface area (Å²) in [5, 5.41) is 14.3. The highest BCUT2D eigenvalue weighted by Crippen LogP contribution is 2.31. The quantitative estimate of drug-likeness (QED) is 0.763. The van der Waals surface area contributed by atoms with Gasteiger partial charge in [0, 0.05) is 10.9 Å². The van der Waals surface area contributed by atoms with Gasteiger partial charge in [-0.05, 0) is 32.0 Å². The second kappa shape index (κ2) is 6.25. The lowest BCUT2D eigenvalue weighted by atomic mass is 10.1. The fourth-order valence-electron chi connectivity index (χ4n) is 2.38. The maximum Gasteiger partial charge on any atom is 0.321 e. The topological polar surface area (TPSA) is 89.3 Å². The van der Waals surface area contributed by atoms with Crippen LogP contribution in [0.25, 0.3) is 11.0 Å². The average Bonchev–Trinajstić information content (AvgIpc) is 3.15. The van der Waals surface area contributed by atoms with Crippen molar-refractivity contribution in [2.75, 3.05) is 12.4 Å². The lowest BCUT2D eigenvalue weighted by Crippen LogP contribution is -2.31. The molecule has 0 saturated heterocycles. The lowest BCUT2D eigenvalue weighted by Gasteiger charge is -2.12. The highest BCUT2D eigenvalue weighted by molar-refractivity contribution is 7.13. The largest absolute Gasteiger partial charge is 0.497 e. The van der Waals surface area contributed by atoms with E-state index in [0.29, 0.717) is 10.9 Å². The number of anilines is 1. The number of carbonyl (C=O) groups excluding carboxylic acids is 1. The summed E-state index contributed by atoms with van der Waals surface area (Å²) >= 11 is 1.25. The molecule has 2 N–H and O–H groups in total. The second-order valence-electron chi connectivity index (χ2n) is 5.02. The van der Waals surface area contributed by atoms with Crippen molar-refractivity contribution in [1.82, 2.24) is 15.5 Å². The van der Waals surface area contributed by atoms with Crippen molar-refractivity contribution < 1.29 is 13.9 Å². The van der Waals surface area contributed by atoms with Gasteiger partial charge in [0.1, 0.15) is 22.6 Å². The maximum absolute atomic E-state index is 12.0. The third kappa shape index (κ3) is 3.11. The number of methoxy groups -OCH3 is 1. The van der Waals surface area contributed by atoms with Crippen LogP contribution in [0.4, 0.5) is 9.93 Å². The van der Waals surface area contributed by atoms with Crippen LogP contribution in [-0.2, 0) is 0 Å². The zero-order chi connectivity index (χ0) is 16.4. The first-order chi connectivity index (χ1) is 11.1. The van der Waals surface area contributed by atoms with Crippen LogP contribution in [0, 0.1) is 6.92 Å². The highest BCUT2D eigenvalue weighted by Gasteiger charge is 2.19. The molecule has 23 heavy (non-hydrogen) atoms. The van der Waals surface area contributed by atoms with Crippen molar-refractivity contribution in [2.45, 2.75) is 19.9 Å². The SMILES string of the molecule is COc1ccc2oc(C(C)NC(=O)Nc3nncs3)c(C)c2c1. The molecule has 120 valence electrons. The van der Waals surface area contributed by atoms with Gasteiger partial charge in [0.25, 0.3) is 0 Å². The summed E-state index contributed by atoms with van der Waals surface area (Å²) in [5.74, 6) is 1.48. The number of ether oxygens (including phenoxy) is 1. The predicted molar refractivity (Wildman–Crippen MR) is 88.0 cm³/mol. The van der Waals surface area contributed by atoms with Gasteiger partial charge in [-0.2, -0.15) is 0 Å². The molecule has 1 atom stereocenters. The highest BCUT2D eigenvalue weighted by atomic mass is 32.1. The van der Waals surface area contributed by atoms with Crippen LogP contribution >= 0.6 is 11.3 Å². The van der Waals surface area contributed by atoms with Crippen molar-refractivity contribution >= 4 is 33.5 Å². The molecule has 0 saturated carbocycles. The number of nitrogens with one attached hydrogen (secondary N) is 2. The Balaban J connectivity index is 1.79. The van der Waals surface area contributed by atoms with Crippen molar-refractivity contribution in [3.8, 4) is 5.75 Å². The number of hydrogen-bond donors (Lipinski definition) is 2. The van der Waals surface area contributed by atoms with Gasteiger partial charge in [0.15, 0.2) is 0 Å². The number of rotatable bonds is 4. The zero-order valence-electron chi connectivity index (χ0n) is 12.9. The number of furan rings is 1. The Bertz CT molecular complexity index is 829. The average molecular weight is 332 g/mol. The molecule has 3 aromatic rings. The fraction of sp³-hybridized carbons (Fsp3) is 0.267. The molecule has 1 aromatic carbocycles. The number of hydrogen-bond acceptors (Lipinski definition) is 6. The van der Waals surface area contributed by atoms with Gasteiger partial charge < -0.3 is 14.5 Å². The third-order valence-corrected chi connectivity index (χ3v) is 4.11. The molecule has 2 aromatic heterocycles. The number of fused-ring (bicyclic) bond motifs is 1. The molecule has 2 heterocycles. The standard InChI is InChI=1S/C15H16N4O3S/c1-8-11-6-10(21-3)4-5-12(11)22-13(8)9(2)17-14(20)18-15-19-16-7-23-15/h4-7,9H,1-3H3,(H2,17,18,19,20). The molecule has 3 rings (SSSR count). The van der Waals surface area contributed by atoms with Crippen molar-refractivity contribution in [1.29, 1.82) is 0 Å². The van der Waals surface area contributed by atoms with Crippen molar-refractivity contribution in [3.63, 3.8) is 0 Å². The van der Waals surface area contributed by atoms with Crippen LogP contribution in [-0.4, -0.2) is 23.3 Å². The molecule has 1 unspecified atom stereocenters. The number of carbonyl (C=O) groups is 1. The van der Waals surface area contributed by atoms with Gasteiger partial charge in [-0.1, -0.05) is 11.3 Å². The van der Waals surface area contributed by atoms with Gasteiger partial charge >= 0.3 is 6.03 Å². The lowest BCUT2D eigenvalue weighted by molar-refractivity contribution is 0.247. The van der Waals surface area contributed by atoms with E-state index >= 15 is 0 Å². The Labute approximate surface area is 136 Å². The normalized spacial score (nSPS) is 12.1. The Morgan fingerprint density at radius 2 is 2.26 bits per heavy atom. The minimum absolute atomic E-state index is 0.290. The molecule has 8 heteroatoms. The van der Waals surface area contributed by atoms with Crippen LogP contribution < -0.4 is 15.4 Å². The summed E-state index contributed by atoms with van der Waals surface area (Å²) in [4.78, 5) is 12.0. The summed E-state index contributed by atoms with van der Waals surface area (Å²) in [6.07, 6.45) is 0. The first-order valence-corrected chi connectivity index (χ1v) is 7.87. The fourth-order valence-corrected chi connectivity index (χ4v) is 2.82. The summed E-state index contributed by atoms with van der Waals surface area (Å²) in [7, 11) is 1.62. The third-order valence-electron chi connectivity index (χ3n) is 3.50. The Kier molecular flexibility index (Phi) is 4.16. The first kappa shape index (κ1) is 15.3. The van der Waals surface area contributed by atoms with E-state index in [0.717, 1.165) is 22.3 Å². The van der Waals surface area contributed by atoms with Gasteiger partial charge in [0.2, 0.25) is 5.13 Å². The summed E-state index contributed by atoms with van der Waals surface area (Å²) in [6, 6.07) is 4.98. The predicted octanol–water partition coefficient (Wildman–Crippen LogP) is 3.48. The number of amides is 2. The van der Waals surface area contributed by atoms with Crippen LogP contribution in [0.15, 0.2) is 28.1 Å². The Morgan fingerprint density at radius 1 is 1.43 bits per heavy atom. The van der Waals surface area contributed by atoms with Crippen molar-refractivity contribution in [3.05, 3.63) is 35.0 Å². The molecule has 7 nitrogen and oxygen atoms in total. The zero-order valence-corrected chi connectivity index (χ0v) is 13.7. The Morgan fingerprint density at radius 3 is 2.96 bits per heavy atom. The van der Waals surface area contributed by atoms with Gasteiger partial charge in [0.05, 0.1) is 13.2 Å². The van der Waals surface area contributed by atoms with Gasteiger partial charge in [-0.3, -0.25) is 5.32 Å². The molecule has 0 aliphatic heterocycles. The summed E-state index contributed by atoms with van der Waals surface area (Å²) in [6.45, 7) is 3.82. The van der Waals surface area contributed by atoms with E-state index < -0.39 is 0 Å². The molecule has 2 amide bonds. The number of urea groups is 1. The van der Waals surface area contributed by atoms with Crippen molar-refractivity contribution in [2.24, 2.45) is 0 Å². The second-order valence-corrected chi connectivity index (χ2v) is 5.85. The summed E-state index contributed by atoms with van der Waals surface area (Å²) < 4.78 is 11.1. The molecule has 0 radical (unpaired) electrons. The number of aromatic nitrogens is 2. The molecule has 0 aliphatic carbocycles. The van der Waals surface area contributed by atoms with Gasteiger partial charge in [-0.25, -0.2) is 4.79 Å². The monoisotopic (exact) mass is 332 g/mol. The minimum Gasteiger partial charge on any atom is -0.497 e. The number of aryl methyl sites for hydroxylation is 1.